The van der Waals surface area contributed by atoms with Crippen molar-refractivity contribution in [2.24, 2.45) is 5.92 Å². The van der Waals surface area contributed by atoms with Gasteiger partial charge in [0.1, 0.15) is 5.69 Å². The first-order chi connectivity index (χ1) is 11.8. The molecule has 2 heterocycles. The molecule has 0 atom stereocenters. The summed E-state index contributed by atoms with van der Waals surface area (Å²) in [6.07, 6.45) is 4.90. The van der Waals surface area contributed by atoms with Gasteiger partial charge in [-0.1, -0.05) is 30.3 Å². The molecule has 4 rings (SSSR count). The van der Waals surface area contributed by atoms with Crippen LogP contribution in [-0.2, 0) is 0 Å². The summed E-state index contributed by atoms with van der Waals surface area (Å²) in [5.41, 5.74) is 2.80. The van der Waals surface area contributed by atoms with Gasteiger partial charge in [0.15, 0.2) is 0 Å². The van der Waals surface area contributed by atoms with Gasteiger partial charge in [0, 0.05) is 24.8 Å². The van der Waals surface area contributed by atoms with Crippen LogP contribution in [0.4, 0.5) is 0 Å². The van der Waals surface area contributed by atoms with Crippen LogP contribution in [0.5, 0.6) is 0 Å². The summed E-state index contributed by atoms with van der Waals surface area (Å²) in [5.74, 6) is 1.04. The number of hydrogen-bond acceptors (Lipinski definition) is 2. The van der Waals surface area contributed by atoms with Gasteiger partial charge < -0.3 is 15.2 Å². The van der Waals surface area contributed by atoms with E-state index in [1.54, 1.807) is 0 Å². The Morgan fingerprint density at radius 1 is 1.04 bits per heavy atom. The van der Waals surface area contributed by atoms with Crippen molar-refractivity contribution in [2.45, 2.75) is 31.7 Å². The summed E-state index contributed by atoms with van der Waals surface area (Å²) in [4.78, 5) is 18.0. The van der Waals surface area contributed by atoms with Gasteiger partial charge in [0.2, 0.25) is 0 Å². The topological polar surface area (TPSA) is 48.1 Å². The molecule has 0 bridgehead atoms. The number of amides is 1. The van der Waals surface area contributed by atoms with E-state index in [1.165, 1.54) is 12.8 Å². The Balaban J connectivity index is 1.34. The molecule has 2 aliphatic rings. The van der Waals surface area contributed by atoms with E-state index in [-0.39, 0.29) is 5.91 Å². The SMILES string of the molecule is O=C(c1ccc(-c2ccccc2)[nH]1)N1CCC(NCC2CC2)CC1. The van der Waals surface area contributed by atoms with Crippen molar-refractivity contribution in [3.8, 4) is 11.3 Å². The molecule has 1 aromatic heterocycles. The van der Waals surface area contributed by atoms with E-state index >= 15 is 0 Å². The lowest BCUT2D eigenvalue weighted by Gasteiger charge is -2.32. The molecule has 1 aliphatic carbocycles. The predicted octanol–water partition coefficient (Wildman–Crippen LogP) is 3.29. The number of aromatic nitrogens is 1. The largest absolute Gasteiger partial charge is 0.351 e. The van der Waals surface area contributed by atoms with Crippen LogP contribution in [0.15, 0.2) is 42.5 Å². The van der Waals surface area contributed by atoms with Crippen molar-refractivity contribution in [2.75, 3.05) is 19.6 Å². The van der Waals surface area contributed by atoms with E-state index in [9.17, 15) is 4.79 Å². The van der Waals surface area contributed by atoms with Crippen LogP contribution < -0.4 is 5.32 Å². The third kappa shape index (κ3) is 3.54. The van der Waals surface area contributed by atoms with Crippen LogP contribution in [0, 0.1) is 5.92 Å². The first-order valence-electron chi connectivity index (χ1n) is 9.07. The number of carbonyl (C=O) groups is 1. The van der Waals surface area contributed by atoms with Crippen LogP contribution in [-0.4, -0.2) is 41.5 Å². The third-order valence-electron chi connectivity index (χ3n) is 5.18. The zero-order valence-corrected chi connectivity index (χ0v) is 14.0. The van der Waals surface area contributed by atoms with Gasteiger partial charge in [-0.2, -0.15) is 0 Å². The molecule has 2 fully saturated rings. The summed E-state index contributed by atoms with van der Waals surface area (Å²) in [6, 6.07) is 14.6. The average Bonchev–Trinajstić information content (AvgIpc) is 3.34. The van der Waals surface area contributed by atoms with Gasteiger partial charge in [-0.05, 0) is 55.8 Å². The summed E-state index contributed by atoms with van der Waals surface area (Å²) >= 11 is 0. The number of nitrogens with one attached hydrogen (secondary N) is 2. The highest BCUT2D eigenvalue weighted by Crippen LogP contribution is 2.28. The van der Waals surface area contributed by atoms with Gasteiger partial charge >= 0.3 is 0 Å². The molecular weight excluding hydrogens is 298 g/mol. The Morgan fingerprint density at radius 2 is 1.79 bits per heavy atom. The Bertz CT molecular complexity index is 682. The summed E-state index contributed by atoms with van der Waals surface area (Å²) in [5, 5.41) is 3.66. The van der Waals surface area contributed by atoms with Gasteiger partial charge in [0.05, 0.1) is 0 Å². The van der Waals surface area contributed by atoms with Crippen LogP contribution in [0.1, 0.15) is 36.2 Å². The van der Waals surface area contributed by atoms with Gasteiger partial charge in [0.25, 0.3) is 5.91 Å². The lowest BCUT2D eigenvalue weighted by molar-refractivity contribution is 0.0700. The van der Waals surface area contributed by atoms with E-state index in [0.29, 0.717) is 11.7 Å². The summed E-state index contributed by atoms with van der Waals surface area (Å²) in [6.45, 7) is 2.86. The number of nitrogens with zero attached hydrogens (tertiary/aromatic N) is 1. The van der Waals surface area contributed by atoms with Crippen molar-refractivity contribution < 1.29 is 4.79 Å². The second-order valence-electron chi connectivity index (χ2n) is 7.07. The maximum atomic E-state index is 12.7. The Labute approximate surface area is 143 Å². The fraction of sp³-hybridized carbons (Fsp3) is 0.450. The molecule has 1 aromatic carbocycles. The highest BCUT2D eigenvalue weighted by atomic mass is 16.2. The molecule has 4 heteroatoms. The van der Waals surface area contributed by atoms with E-state index in [4.69, 9.17) is 0 Å². The van der Waals surface area contributed by atoms with Gasteiger partial charge in [-0.25, -0.2) is 0 Å². The Morgan fingerprint density at radius 3 is 2.50 bits per heavy atom. The molecule has 0 unspecified atom stereocenters. The maximum Gasteiger partial charge on any atom is 0.270 e. The second kappa shape index (κ2) is 6.81. The molecule has 1 aliphatic heterocycles. The van der Waals surface area contributed by atoms with Crippen molar-refractivity contribution in [3.63, 3.8) is 0 Å². The van der Waals surface area contributed by atoms with Gasteiger partial charge in [-0.3, -0.25) is 4.79 Å². The number of benzene rings is 1. The second-order valence-corrected chi connectivity index (χ2v) is 7.07. The number of hydrogen-bond donors (Lipinski definition) is 2. The molecule has 4 nitrogen and oxygen atoms in total. The molecule has 2 N–H and O–H groups in total. The van der Waals surface area contributed by atoms with Crippen LogP contribution >= 0.6 is 0 Å². The van der Waals surface area contributed by atoms with Crippen LogP contribution in [0.3, 0.4) is 0 Å². The summed E-state index contributed by atoms with van der Waals surface area (Å²) < 4.78 is 0. The van der Waals surface area contributed by atoms with Crippen LogP contribution in [0.2, 0.25) is 0 Å². The summed E-state index contributed by atoms with van der Waals surface area (Å²) in [7, 11) is 0. The monoisotopic (exact) mass is 323 g/mol. The molecule has 1 saturated heterocycles. The number of likely N-dealkylation sites (tertiary alicyclic amines) is 1. The fourth-order valence-electron chi connectivity index (χ4n) is 3.42. The Kier molecular flexibility index (Phi) is 4.39. The standard InChI is InChI=1S/C20H25N3O/c24-20(19-9-8-18(22-19)16-4-2-1-3-5-16)23-12-10-17(11-13-23)21-14-15-6-7-15/h1-5,8-9,15,17,21-22H,6-7,10-14H2. The molecule has 126 valence electrons. The number of aromatic amines is 1. The zero-order valence-electron chi connectivity index (χ0n) is 14.0. The lowest BCUT2D eigenvalue weighted by atomic mass is 10.0. The van der Waals surface area contributed by atoms with E-state index in [2.05, 4.69) is 22.4 Å². The van der Waals surface area contributed by atoms with E-state index < -0.39 is 0 Å². The number of piperidine rings is 1. The quantitative estimate of drug-likeness (QED) is 0.887. The van der Waals surface area contributed by atoms with Gasteiger partial charge in [-0.15, -0.1) is 0 Å². The highest BCUT2D eigenvalue weighted by molar-refractivity contribution is 5.93. The first-order valence-corrected chi connectivity index (χ1v) is 9.07. The molecule has 1 amide bonds. The molecule has 1 saturated carbocycles. The zero-order chi connectivity index (χ0) is 16.4. The van der Waals surface area contributed by atoms with E-state index in [0.717, 1.165) is 49.7 Å². The van der Waals surface area contributed by atoms with Crippen LogP contribution in [0.25, 0.3) is 11.3 Å². The maximum absolute atomic E-state index is 12.7. The first kappa shape index (κ1) is 15.5. The molecule has 0 radical (unpaired) electrons. The van der Waals surface area contributed by atoms with Crippen molar-refractivity contribution in [1.82, 2.24) is 15.2 Å². The smallest absolute Gasteiger partial charge is 0.270 e. The van der Waals surface area contributed by atoms with Crippen molar-refractivity contribution >= 4 is 5.91 Å². The van der Waals surface area contributed by atoms with Crippen molar-refractivity contribution in [1.29, 1.82) is 0 Å². The fourth-order valence-corrected chi connectivity index (χ4v) is 3.42. The number of rotatable bonds is 5. The minimum absolute atomic E-state index is 0.123. The normalized spacial score (nSPS) is 18.8. The molecule has 24 heavy (non-hydrogen) atoms. The average molecular weight is 323 g/mol. The van der Waals surface area contributed by atoms with Crippen molar-refractivity contribution in [3.05, 3.63) is 48.2 Å². The molecule has 2 aromatic rings. The molecular formula is C20H25N3O. The highest BCUT2D eigenvalue weighted by Gasteiger charge is 2.26. The minimum Gasteiger partial charge on any atom is -0.351 e. The minimum atomic E-state index is 0.123. The third-order valence-corrected chi connectivity index (χ3v) is 5.18. The van der Waals surface area contributed by atoms with E-state index in [1.807, 2.05) is 35.2 Å². The Hall–Kier alpha value is -2.07. The lowest BCUT2D eigenvalue weighted by Crippen LogP contribution is -2.45. The molecule has 0 spiro atoms. The number of H-pyrrole nitrogens is 1. The predicted molar refractivity (Wildman–Crippen MR) is 95.9 cm³/mol. The number of carbonyl (C=O) groups excluding carboxylic acids is 1.